The van der Waals surface area contributed by atoms with Crippen LogP contribution in [0.15, 0.2) is 60.3 Å². The molecule has 2 atom stereocenters. The van der Waals surface area contributed by atoms with E-state index >= 15 is 0 Å². The summed E-state index contributed by atoms with van der Waals surface area (Å²) in [5.74, 6) is -1.81. The fraction of sp³-hybridized carbons (Fsp3) is 0.414. The molecule has 2 aromatic carbocycles. The van der Waals surface area contributed by atoms with Gasteiger partial charge < -0.3 is 4.74 Å². The molecule has 0 amide bonds. The molecule has 11 heteroatoms. The van der Waals surface area contributed by atoms with Crippen molar-refractivity contribution in [3.8, 4) is 11.4 Å². The lowest BCUT2D eigenvalue weighted by molar-refractivity contribution is -0.107. The third-order valence-corrected chi connectivity index (χ3v) is 9.98. The minimum absolute atomic E-state index is 0.00233. The number of fused-ring (bicyclic) bond motifs is 2. The maximum atomic E-state index is 13.4. The summed E-state index contributed by atoms with van der Waals surface area (Å²) in [5, 5.41) is 4.51. The first-order valence-corrected chi connectivity index (χ1v) is 14.7. The number of sulfonamides is 1. The first-order chi connectivity index (χ1) is 18.9. The minimum atomic E-state index is -4.84. The molecule has 3 aromatic rings. The molecule has 0 spiro atoms. The molecule has 1 fully saturated rings. The van der Waals surface area contributed by atoms with Crippen molar-refractivity contribution in [3.05, 3.63) is 82.9 Å². The van der Waals surface area contributed by atoms with Crippen LogP contribution < -0.4 is 4.74 Å². The molecular formula is C29H31F4N3O3S. The van der Waals surface area contributed by atoms with Crippen molar-refractivity contribution in [2.45, 2.75) is 38.8 Å². The van der Waals surface area contributed by atoms with Crippen molar-refractivity contribution < 1.29 is 30.7 Å². The molecule has 0 radical (unpaired) electrons. The maximum absolute atomic E-state index is 13.4. The number of methoxy groups -OCH3 is 1. The zero-order valence-corrected chi connectivity index (χ0v) is 23.1. The fourth-order valence-electron chi connectivity index (χ4n) is 5.98. The lowest BCUT2D eigenvalue weighted by Gasteiger charge is -2.38. The zero-order valence-electron chi connectivity index (χ0n) is 22.3. The van der Waals surface area contributed by atoms with E-state index in [2.05, 4.69) is 18.1 Å². The van der Waals surface area contributed by atoms with Gasteiger partial charge in [-0.1, -0.05) is 24.6 Å². The summed E-state index contributed by atoms with van der Waals surface area (Å²) in [4.78, 5) is 0. The van der Waals surface area contributed by atoms with Crippen molar-refractivity contribution >= 4 is 16.1 Å². The summed E-state index contributed by atoms with van der Waals surface area (Å²) in [5.41, 5.74) is 4.05. The highest BCUT2D eigenvalue weighted by Gasteiger charge is 2.48. The fourth-order valence-corrected chi connectivity index (χ4v) is 7.36. The van der Waals surface area contributed by atoms with Gasteiger partial charge in [0.1, 0.15) is 11.6 Å². The normalized spacial score (nSPS) is 20.8. The van der Waals surface area contributed by atoms with Crippen LogP contribution in [0, 0.1) is 17.2 Å². The summed E-state index contributed by atoms with van der Waals surface area (Å²) >= 11 is 0. The molecule has 1 saturated carbocycles. The lowest BCUT2D eigenvalue weighted by Crippen LogP contribution is -2.44. The monoisotopic (exact) mass is 577 g/mol. The average Bonchev–Trinajstić information content (AvgIpc) is 3.43. The SMILES string of the molecule is COc1cccc(CCN(C[C@H]2CCC3=Cc4c(cnn4-c4ccc(F)cc4)C[C@@]32C)S(=O)(=O)CC(F)(F)F)c1. The largest absolute Gasteiger partial charge is 0.497 e. The van der Waals surface area contributed by atoms with Crippen LogP contribution in [0.2, 0.25) is 0 Å². The van der Waals surface area contributed by atoms with Crippen LogP contribution in [-0.2, 0) is 22.9 Å². The van der Waals surface area contributed by atoms with Gasteiger partial charge >= 0.3 is 6.18 Å². The minimum Gasteiger partial charge on any atom is -0.497 e. The average molecular weight is 578 g/mol. The topological polar surface area (TPSA) is 64.4 Å². The summed E-state index contributed by atoms with van der Waals surface area (Å²) < 4.78 is 87.5. The number of hydrogen-bond acceptors (Lipinski definition) is 4. The highest BCUT2D eigenvalue weighted by Crippen LogP contribution is 2.53. The second-order valence-electron chi connectivity index (χ2n) is 10.8. The molecule has 0 unspecified atom stereocenters. The molecule has 214 valence electrons. The van der Waals surface area contributed by atoms with Crippen molar-refractivity contribution in [2.75, 3.05) is 26.0 Å². The Labute approximate surface area is 231 Å². The van der Waals surface area contributed by atoms with E-state index in [-0.39, 0.29) is 31.2 Å². The van der Waals surface area contributed by atoms with Crippen LogP contribution in [0.3, 0.4) is 0 Å². The first-order valence-electron chi connectivity index (χ1n) is 13.1. The van der Waals surface area contributed by atoms with E-state index in [1.54, 1.807) is 47.3 Å². The van der Waals surface area contributed by atoms with Crippen LogP contribution in [0.5, 0.6) is 5.75 Å². The number of halogens is 4. The van der Waals surface area contributed by atoms with Gasteiger partial charge in [0.25, 0.3) is 0 Å². The number of rotatable bonds is 9. The van der Waals surface area contributed by atoms with Gasteiger partial charge in [-0.15, -0.1) is 0 Å². The second-order valence-corrected chi connectivity index (χ2v) is 12.7. The van der Waals surface area contributed by atoms with Gasteiger partial charge in [0.15, 0.2) is 5.75 Å². The third kappa shape index (κ3) is 5.81. The Morgan fingerprint density at radius 1 is 1.18 bits per heavy atom. The first kappa shape index (κ1) is 28.4. The van der Waals surface area contributed by atoms with E-state index in [0.29, 0.717) is 25.0 Å². The smallest absolute Gasteiger partial charge is 0.404 e. The van der Waals surface area contributed by atoms with Crippen LogP contribution in [0.25, 0.3) is 11.8 Å². The Balaban J connectivity index is 1.40. The maximum Gasteiger partial charge on any atom is 0.404 e. The number of ether oxygens (including phenoxy) is 1. The molecule has 5 rings (SSSR count). The Morgan fingerprint density at radius 2 is 1.93 bits per heavy atom. The Kier molecular flexibility index (Phi) is 7.56. The Morgan fingerprint density at radius 3 is 2.62 bits per heavy atom. The standard InChI is InChI=1S/C29H31F4N3O3S/c1-28-16-21-17-34-36(25-10-8-24(30)9-11-25)27(21)15-22(28)6-7-23(28)18-35(40(37,38)19-29(31,32)33)13-12-20-4-3-5-26(14-20)39-2/h3-5,8-11,14-15,17,23H,6-7,12-13,16,18-19H2,1-2H3/t23-,28+/m1/s1. The summed E-state index contributed by atoms with van der Waals surface area (Å²) in [7, 11) is -3.09. The quantitative estimate of drug-likeness (QED) is 0.301. The molecule has 0 aliphatic heterocycles. The van der Waals surface area contributed by atoms with Gasteiger partial charge in [0.05, 0.1) is 24.7 Å². The Bertz CT molecular complexity index is 1520. The summed E-state index contributed by atoms with van der Waals surface area (Å²) in [6.07, 6.45) is 1.18. The highest BCUT2D eigenvalue weighted by molar-refractivity contribution is 7.89. The van der Waals surface area contributed by atoms with Gasteiger partial charge in [-0.3, -0.25) is 0 Å². The van der Waals surface area contributed by atoms with E-state index in [1.165, 1.54) is 19.2 Å². The highest BCUT2D eigenvalue weighted by atomic mass is 32.2. The summed E-state index contributed by atoms with van der Waals surface area (Å²) in [6.45, 7) is 1.99. The van der Waals surface area contributed by atoms with Gasteiger partial charge in [0, 0.05) is 13.1 Å². The molecule has 2 aliphatic rings. The molecule has 0 N–H and O–H groups in total. The van der Waals surface area contributed by atoms with E-state index in [1.807, 2.05) is 0 Å². The lowest BCUT2D eigenvalue weighted by atomic mass is 9.70. The van der Waals surface area contributed by atoms with Crippen LogP contribution in [0.1, 0.15) is 36.6 Å². The van der Waals surface area contributed by atoms with Gasteiger partial charge in [0.2, 0.25) is 10.0 Å². The number of hydrogen-bond donors (Lipinski definition) is 0. The van der Waals surface area contributed by atoms with Crippen LogP contribution in [-0.4, -0.2) is 54.6 Å². The number of aromatic nitrogens is 2. The third-order valence-electron chi connectivity index (χ3n) is 8.17. The Hall–Kier alpha value is -3.18. The van der Waals surface area contributed by atoms with Crippen molar-refractivity contribution in [2.24, 2.45) is 11.3 Å². The van der Waals surface area contributed by atoms with Crippen molar-refractivity contribution in [3.63, 3.8) is 0 Å². The van der Waals surface area contributed by atoms with Crippen molar-refractivity contribution in [1.82, 2.24) is 14.1 Å². The predicted octanol–water partition coefficient (Wildman–Crippen LogP) is 5.81. The summed E-state index contributed by atoms with van der Waals surface area (Å²) in [6, 6.07) is 13.1. The number of benzene rings is 2. The zero-order chi connectivity index (χ0) is 28.7. The molecular weight excluding hydrogens is 546 g/mol. The molecule has 0 bridgehead atoms. The molecule has 40 heavy (non-hydrogen) atoms. The number of alkyl halides is 3. The van der Waals surface area contributed by atoms with Gasteiger partial charge in [-0.05, 0) is 90.6 Å². The van der Waals surface area contributed by atoms with Gasteiger partial charge in [-0.2, -0.15) is 18.3 Å². The van der Waals surface area contributed by atoms with Gasteiger partial charge in [-0.25, -0.2) is 21.8 Å². The predicted molar refractivity (Wildman–Crippen MR) is 144 cm³/mol. The van der Waals surface area contributed by atoms with E-state index < -0.39 is 27.4 Å². The van der Waals surface area contributed by atoms with Crippen molar-refractivity contribution in [1.29, 1.82) is 0 Å². The molecule has 1 aromatic heterocycles. The van der Waals surface area contributed by atoms with E-state index in [9.17, 15) is 26.0 Å². The number of nitrogens with zero attached hydrogens (tertiary/aromatic N) is 3. The van der Waals surface area contributed by atoms with E-state index in [4.69, 9.17) is 4.74 Å². The van der Waals surface area contributed by atoms with Crippen LogP contribution >= 0.6 is 0 Å². The number of allylic oxidation sites excluding steroid dienone is 1. The second kappa shape index (κ2) is 10.7. The molecule has 0 saturated heterocycles. The molecule has 1 heterocycles. The van der Waals surface area contributed by atoms with Crippen LogP contribution in [0.4, 0.5) is 17.6 Å². The molecule has 6 nitrogen and oxygen atoms in total. The molecule has 2 aliphatic carbocycles. The van der Waals surface area contributed by atoms with E-state index in [0.717, 1.165) is 32.4 Å².